The van der Waals surface area contributed by atoms with Gasteiger partial charge >= 0.3 is 0 Å². The number of hydrogen-bond donors (Lipinski definition) is 1. The lowest BCUT2D eigenvalue weighted by Gasteiger charge is -2.28. The van der Waals surface area contributed by atoms with Crippen LogP contribution in [0.4, 0.5) is 4.39 Å². The number of nitrogens with zero attached hydrogens (tertiary/aromatic N) is 1. The van der Waals surface area contributed by atoms with Crippen LogP contribution in [0, 0.1) is 5.82 Å². The molecule has 2 rings (SSSR count). The third-order valence-corrected chi connectivity index (χ3v) is 7.25. The molecule has 0 radical (unpaired) electrons. The van der Waals surface area contributed by atoms with E-state index in [4.69, 9.17) is 0 Å². The molecule has 0 aromatic heterocycles. The van der Waals surface area contributed by atoms with Crippen LogP contribution in [0.2, 0.25) is 0 Å². The molecule has 0 saturated heterocycles. The van der Waals surface area contributed by atoms with Crippen molar-refractivity contribution in [2.75, 3.05) is 13.3 Å². The average molecular weight is 443 g/mol. The molecule has 2 atom stereocenters. The van der Waals surface area contributed by atoms with Crippen molar-refractivity contribution in [1.29, 1.82) is 0 Å². The highest BCUT2D eigenvalue weighted by atomic mass is 32.2. The van der Waals surface area contributed by atoms with Gasteiger partial charge in [0.2, 0.25) is 15.9 Å². The lowest BCUT2D eigenvalue weighted by molar-refractivity contribution is -0.133. The second-order valence-electron chi connectivity index (χ2n) is 6.74. The van der Waals surface area contributed by atoms with Crippen molar-refractivity contribution in [1.82, 2.24) is 9.62 Å². The minimum absolute atomic E-state index is 0.161. The molecule has 0 fully saturated rings. The Bertz CT molecular complexity index is 1100. The third-order valence-electron chi connectivity index (χ3n) is 4.55. The van der Waals surface area contributed by atoms with E-state index in [0.717, 1.165) is 18.4 Å². The molecule has 0 saturated carbocycles. The summed E-state index contributed by atoms with van der Waals surface area (Å²) in [5.41, 5.74) is 0.678. The van der Waals surface area contributed by atoms with E-state index in [9.17, 15) is 26.0 Å². The highest BCUT2D eigenvalue weighted by Crippen LogP contribution is 2.22. The zero-order valence-corrected chi connectivity index (χ0v) is 18.1. The Hall–Kier alpha value is -2.30. The number of carbonyl (C=O) groups is 1. The molecule has 2 aromatic carbocycles. The maximum atomic E-state index is 13.8. The van der Waals surface area contributed by atoms with Crippen molar-refractivity contribution in [2.24, 2.45) is 0 Å². The van der Waals surface area contributed by atoms with Crippen molar-refractivity contribution in [3.8, 4) is 0 Å². The second kappa shape index (κ2) is 8.60. The maximum Gasteiger partial charge on any atom is 0.244 e. The molecular formula is C19H23FN2O5S2. The fourth-order valence-electron chi connectivity index (χ4n) is 2.72. The van der Waals surface area contributed by atoms with E-state index >= 15 is 0 Å². The summed E-state index contributed by atoms with van der Waals surface area (Å²) >= 11 is 0. The van der Waals surface area contributed by atoms with E-state index in [0.29, 0.717) is 5.56 Å². The normalized spacial score (nSPS) is 14.2. The van der Waals surface area contributed by atoms with Gasteiger partial charge in [0.25, 0.3) is 0 Å². The van der Waals surface area contributed by atoms with Gasteiger partial charge in [-0.1, -0.05) is 24.3 Å². The molecule has 1 amide bonds. The van der Waals surface area contributed by atoms with Gasteiger partial charge in [-0.15, -0.1) is 0 Å². The van der Waals surface area contributed by atoms with Gasteiger partial charge in [0, 0.05) is 13.3 Å². The number of benzene rings is 2. The Morgan fingerprint density at radius 2 is 1.55 bits per heavy atom. The van der Waals surface area contributed by atoms with Crippen molar-refractivity contribution >= 4 is 25.8 Å². The second-order valence-corrected chi connectivity index (χ2v) is 10.4. The van der Waals surface area contributed by atoms with Crippen LogP contribution in [-0.2, 0) is 24.7 Å². The molecule has 10 heteroatoms. The lowest BCUT2D eigenvalue weighted by atomic mass is 10.1. The first kappa shape index (κ1) is 23.0. The Balaban J connectivity index is 2.15. The first-order valence-electron chi connectivity index (χ1n) is 8.68. The van der Waals surface area contributed by atoms with Crippen molar-refractivity contribution in [2.45, 2.75) is 35.7 Å². The molecule has 0 bridgehead atoms. The summed E-state index contributed by atoms with van der Waals surface area (Å²) in [7, 11) is -6.05. The zero-order valence-electron chi connectivity index (χ0n) is 16.5. The lowest BCUT2D eigenvalue weighted by Crippen LogP contribution is -2.46. The minimum Gasteiger partial charge on any atom is -0.338 e. The molecule has 0 heterocycles. The van der Waals surface area contributed by atoms with E-state index < -0.39 is 48.6 Å². The SMILES string of the molecule is CC(c1ccc(S(C)(=O)=O)cc1)N(C)C(=O)[C@H](C)NS(=O)(=O)c1ccccc1F. The molecular weight excluding hydrogens is 419 g/mol. The van der Waals surface area contributed by atoms with Gasteiger partial charge in [0.15, 0.2) is 9.84 Å². The molecule has 7 nitrogen and oxygen atoms in total. The first-order valence-corrected chi connectivity index (χ1v) is 12.1. The van der Waals surface area contributed by atoms with Gasteiger partial charge in [0.05, 0.1) is 17.0 Å². The average Bonchev–Trinajstić information content (AvgIpc) is 2.65. The number of halogens is 1. The minimum atomic E-state index is -4.22. The predicted molar refractivity (Wildman–Crippen MR) is 107 cm³/mol. The number of sulfonamides is 1. The number of carbonyl (C=O) groups excluding carboxylic acids is 1. The monoisotopic (exact) mass is 442 g/mol. The molecule has 1 N–H and O–H groups in total. The molecule has 0 aliphatic rings. The highest BCUT2D eigenvalue weighted by Gasteiger charge is 2.28. The van der Waals surface area contributed by atoms with E-state index in [1.165, 1.54) is 43.1 Å². The Kier molecular flexibility index (Phi) is 6.82. The molecule has 29 heavy (non-hydrogen) atoms. The number of hydrogen-bond acceptors (Lipinski definition) is 5. The Labute approximate surface area is 170 Å². The quantitative estimate of drug-likeness (QED) is 0.708. The Morgan fingerprint density at radius 3 is 2.07 bits per heavy atom. The zero-order chi connectivity index (χ0) is 22.0. The van der Waals surface area contributed by atoms with Crippen LogP contribution >= 0.6 is 0 Å². The summed E-state index contributed by atoms with van der Waals surface area (Å²) in [6.07, 6.45) is 1.10. The largest absolute Gasteiger partial charge is 0.338 e. The third kappa shape index (κ3) is 5.40. The van der Waals surface area contributed by atoms with Crippen LogP contribution in [0.1, 0.15) is 25.5 Å². The summed E-state index contributed by atoms with van der Waals surface area (Å²) in [5, 5.41) is 0. The molecule has 0 spiro atoms. The molecule has 0 aliphatic carbocycles. The van der Waals surface area contributed by atoms with Gasteiger partial charge in [-0.25, -0.2) is 21.2 Å². The number of sulfone groups is 1. The summed E-state index contributed by atoms with van der Waals surface area (Å²) in [6.45, 7) is 3.10. The fourth-order valence-corrected chi connectivity index (χ4v) is 4.63. The summed E-state index contributed by atoms with van der Waals surface area (Å²) in [5.74, 6) is -1.43. The topological polar surface area (TPSA) is 101 Å². The standard InChI is InChI=1S/C19H23FN2O5S2/c1-13(21-29(26,27)18-8-6-5-7-17(18)20)19(23)22(3)14(2)15-9-11-16(12-10-15)28(4,24)25/h5-14,21H,1-4H3/t13-,14?/m0/s1. The van der Waals surface area contributed by atoms with Gasteiger partial charge in [-0.3, -0.25) is 4.79 Å². The molecule has 2 aromatic rings. The van der Waals surface area contributed by atoms with Crippen molar-refractivity contribution in [3.05, 3.63) is 59.9 Å². The van der Waals surface area contributed by atoms with Crippen LogP contribution in [0.15, 0.2) is 58.3 Å². The smallest absolute Gasteiger partial charge is 0.244 e. The van der Waals surface area contributed by atoms with E-state index in [2.05, 4.69) is 4.72 Å². The van der Waals surface area contributed by atoms with Crippen LogP contribution in [-0.4, -0.2) is 47.0 Å². The van der Waals surface area contributed by atoms with Crippen LogP contribution in [0.5, 0.6) is 0 Å². The van der Waals surface area contributed by atoms with Crippen LogP contribution in [0.25, 0.3) is 0 Å². The first-order chi connectivity index (χ1) is 13.3. The fraction of sp³-hybridized carbons (Fsp3) is 0.316. The summed E-state index contributed by atoms with van der Waals surface area (Å²) in [6, 6.07) is 9.40. The Morgan fingerprint density at radius 1 is 1.00 bits per heavy atom. The van der Waals surface area contributed by atoms with E-state index in [1.807, 2.05) is 0 Å². The molecule has 1 unspecified atom stereocenters. The highest BCUT2D eigenvalue weighted by molar-refractivity contribution is 7.90. The van der Waals surface area contributed by atoms with Crippen LogP contribution < -0.4 is 4.72 Å². The van der Waals surface area contributed by atoms with E-state index in [1.54, 1.807) is 19.1 Å². The maximum absolute atomic E-state index is 13.8. The molecule has 158 valence electrons. The summed E-state index contributed by atoms with van der Waals surface area (Å²) in [4.78, 5) is 13.6. The van der Waals surface area contributed by atoms with Gasteiger partial charge in [0.1, 0.15) is 10.7 Å². The van der Waals surface area contributed by atoms with Gasteiger partial charge in [-0.2, -0.15) is 4.72 Å². The van der Waals surface area contributed by atoms with Crippen molar-refractivity contribution in [3.63, 3.8) is 0 Å². The predicted octanol–water partition coefficient (Wildman–Crippen LogP) is 2.12. The van der Waals surface area contributed by atoms with Gasteiger partial charge < -0.3 is 4.90 Å². The van der Waals surface area contributed by atoms with Gasteiger partial charge in [-0.05, 0) is 43.7 Å². The number of nitrogens with one attached hydrogen (secondary N) is 1. The number of rotatable bonds is 7. The van der Waals surface area contributed by atoms with E-state index in [-0.39, 0.29) is 4.90 Å². The van der Waals surface area contributed by atoms with Crippen LogP contribution in [0.3, 0.4) is 0 Å². The van der Waals surface area contributed by atoms with Crippen molar-refractivity contribution < 1.29 is 26.0 Å². The molecule has 0 aliphatic heterocycles. The summed E-state index contributed by atoms with van der Waals surface area (Å²) < 4.78 is 63.9. The number of likely N-dealkylation sites (N-methyl/N-ethyl adjacent to an activating group) is 1. The number of amides is 1.